The minimum Gasteiger partial charge on any atom is -0.363 e. The minimum absolute atomic E-state index is 0.369. The number of aromatic nitrogens is 2. The van der Waals surface area contributed by atoms with Gasteiger partial charge in [0, 0.05) is 9.86 Å². The van der Waals surface area contributed by atoms with Gasteiger partial charge in [-0.25, -0.2) is 4.98 Å². The van der Waals surface area contributed by atoms with Crippen LogP contribution in [0.4, 0.5) is 0 Å². The minimum atomic E-state index is 0.369. The van der Waals surface area contributed by atoms with Crippen LogP contribution in [0.5, 0.6) is 0 Å². The molecule has 15 heavy (non-hydrogen) atoms. The maximum atomic E-state index is 5.97. The van der Waals surface area contributed by atoms with E-state index in [2.05, 4.69) is 26.1 Å². The fourth-order valence-electron chi connectivity index (χ4n) is 1.56. The molecule has 0 saturated heterocycles. The molecular weight excluding hydrogens is 279 g/mol. The van der Waals surface area contributed by atoms with Crippen molar-refractivity contribution in [3.05, 3.63) is 34.1 Å². The van der Waals surface area contributed by atoms with Crippen LogP contribution >= 0.6 is 27.5 Å². The highest BCUT2D eigenvalue weighted by Crippen LogP contribution is 2.29. The fourth-order valence-corrected chi connectivity index (χ4v) is 2.15. The Hall–Kier alpha value is -1.13. The van der Waals surface area contributed by atoms with E-state index in [9.17, 15) is 0 Å². The van der Waals surface area contributed by atoms with Crippen molar-refractivity contribution in [1.29, 1.82) is 0 Å². The molecule has 2 aromatic heterocycles. The molecule has 3 rings (SSSR count). The van der Waals surface area contributed by atoms with Gasteiger partial charge in [-0.15, -0.1) is 0 Å². The van der Waals surface area contributed by atoms with Crippen molar-refractivity contribution in [2.24, 2.45) is 0 Å². The van der Waals surface area contributed by atoms with Gasteiger partial charge in [-0.1, -0.05) is 32.7 Å². The maximum absolute atomic E-state index is 5.97. The van der Waals surface area contributed by atoms with Crippen LogP contribution < -0.4 is 0 Å². The molecule has 0 amide bonds. The predicted octanol–water partition coefficient (Wildman–Crippen LogP) is 3.79. The monoisotopic (exact) mass is 282 g/mol. The van der Waals surface area contributed by atoms with Crippen LogP contribution in [-0.4, -0.2) is 10.1 Å². The smallest absolute Gasteiger partial charge is 0.159 e. The third-order valence-electron chi connectivity index (χ3n) is 2.23. The van der Waals surface area contributed by atoms with Gasteiger partial charge in [-0.05, 0) is 18.2 Å². The van der Waals surface area contributed by atoms with E-state index in [4.69, 9.17) is 16.1 Å². The summed E-state index contributed by atoms with van der Waals surface area (Å²) >= 11 is 9.38. The Bertz CT molecular complexity index is 665. The SMILES string of the molecule is Clc1nc2ccc(Br)cc2c2conc12. The second kappa shape index (κ2) is 3.18. The number of halogens is 2. The van der Waals surface area contributed by atoms with Crippen molar-refractivity contribution < 1.29 is 4.52 Å². The molecule has 2 heterocycles. The maximum Gasteiger partial charge on any atom is 0.159 e. The van der Waals surface area contributed by atoms with Crippen molar-refractivity contribution in [2.75, 3.05) is 0 Å². The Kier molecular flexibility index (Phi) is 1.94. The summed E-state index contributed by atoms with van der Waals surface area (Å²) in [7, 11) is 0. The molecule has 74 valence electrons. The largest absolute Gasteiger partial charge is 0.363 e. The van der Waals surface area contributed by atoms with E-state index in [1.54, 1.807) is 6.26 Å². The zero-order chi connectivity index (χ0) is 10.4. The lowest BCUT2D eigenvalue weighted by Gasteiger charge is -1.99. The molecule has 0 aliphatic rings. The second-order valence-electron chi connectivity index (χ2n) is 3.14. The van der Waals surface area contributed by atoms with Crippen LogP contribution in [0.3, 0.4) is 0 Å². The topological polar surface area (TPSA) is 38.9 Å². The lowest BCUT2D eigenvalue weighted by molar-refractivity contribution is 0.428. The van der Waals surface area contributed by atoms with Crippen molar-refractivity contribution in [2.45, 2.75) is 0 Å². The summed E-state index contributed by atoms with van der Waals surface area (Å²) in [5.41, 5.74) is 1.43. The van der Waals surface area contributed by atoms with Crippen LogP contribution in [0.15, 0.2) is 33.5 Å². The van der Waals surface area contributed by atoms with E-state index in [0.717, 1.165) is 20.8 Å². The lowest BCUT2D eigenvalue weighted by atomic mass is 10.1. The van der Waals surface area contributed by atoms with Gasteiger partial charge in [0.25, 0.3) is 0 Å². The van der Waals surface area contributed by atoms with Gasteiger partial charge in [0.15, 0.2) is 10.7 Å². The standard InChI is InChI=1S/C10H4BrClN2O/c11-5-1-2-8-6(3-5)7-4-15-14-9(7)10(12)13-8/h1-4H. The molecule has 0 aliphatic heterocycles. The van der Waals surface area contributed by atoms with Gasteiger partial charge in [-0.2, -0.15) is 0 Å². The third kappa shape index (κ3) is 1.33. The first-order chi connectivity index (χ1) is 7.25. The third-order valence-corrected chi connectivity index (χ3v) is 2.99. The molecule has 5 heteroatoms. The number of hydrogen-bond acceptors (Lipinski definition) is 3. The highest BCUT2D eigenvalue weighted by atomic mass is 79.9. The fraction of sp³-hybridized carbons (Fsp3) is 0. The number of nitrogens with zero attached hydrogens (tertiary/aromatic N) is 2. The van der Waals surface area contributed by atoms with Gasteiger partial charge < -0.3 is 4.52 Å². The summed E-state index contributed by atoms with van der Waals surface area (Å²) < 4.78 is 5.89. The normalized spacial score (nSPS) is 11.3. The van der Waals surface area contributed by atoms with Gasteiger partial charge in [0.05, 0.1) is 10.9 Å². The molecule has 0 N–H and O–H groups in total. The number of pyridine rings is 1. The summed E-state index contributed by atoms with van der Waals surface area (Å²) in [6.07, 6.45) is 1.58. The van der Waals surface area contributed by atoms with E-state index in [0.29, 0.717) is 10.7 Å². The first kappa shape index (κ1) is 9.12. The molecule has 3 nitrogen and oxygen atoms in total. The van der Waals surface area contributed by atoms with Gasteiger partial charge in [0.2, 0.25) is 0 Å². The number of hydrogen-bond donors (Lipinski definition) is 0. The van der Waals surface area contributed by atoms with Crippen molar-refractivity contribution >= 4 is 49.3 Å². The molecule has 0 atom stereocenters. The zero-order valence-electron chi connectivity index (χ0n) is 7.37. The molecule has 0 aliphatic carbocycles. The van der Waals surface area contributed by atoms with Crippen molar-refractivity contribution in [3.8, 4) is 0 Å². The zero-order valence-corrected chi connectivity index (χ0v) is 9.71. The Morgan fingerprint density at radius 1 is 1.27 bits per heavy atom. The summed E-state index contributed by atoms with van der Waals surface area (Å²) in [5, 5.41) is 6.04. The average molecular weight is 284 g/mol. The molecule has 0 fully saturated rings. The number of benzene rings is 1. The highest BCUT2D eigenvalue weighted by Gasteiger charge is 2.10. The Morgan fingerprint density at radius 3 is 3.00 bits per heavy atom. The molecule has 0 spiro atoms. The number of rotatable bonds is 0. The van der Waals surface area contributed by atoms with E-state index in [-0.39, 0.29) is 0 Å². The van der Waals surface area contributed by atoms with E-state index in [1.165, 1.54) is 0 Å². The second-order valence-corrected chi connectivity index (χ2v) is 4.41. The molecular formula is C10H4BrClN2O. The van der Waals surface area contributed by atoms with Gasteiger partial charge >= 0.3 is 0 Å². The van der Waals surface area contributed by atoms with E-state index >= 15 is 0 Å². The van der Waals surface area contributed by atoms with Gasteiger partial charge in [-0.3, -0.25) is 0 Å². The van der Waals surface area contributed by atoms with Crippen LogP contribution in [0.25, 0.3) is 21.8 Å². The first-order valence-electron chi connectivity index (χ1n) is 4.24. The van der Waals surface area contributed by atoms with E-state index < -0.39 is 0 Å². The van der Waals surface area contributed by atoms with Gasteiger partial charge in [0.1, 0.15) is 6.26 Å². The summed E-state index contributed by atoms with van der Waals surface area (Å²) in [5.74, 6) is 0. The first-order valence-corrected chi connectivity index (χ1v) is 5.41. The number of fused-ring (bicyclic) bond motifs is 3. The Morgan fingerprint density at radius 2 is 2.13 bits per heavy atom. The Balaban J connectivity index is 2.61. The average Bonchev–Trinajstić information content (AvgIpc) is 2.69. The van der Waals surface area contributed by atoms with Crippen LogP contribution in [0.2, 0.25) is 5.15 Å². The molecule has 0 bridgehead atoms. The molecule has 0 unspecified atom stereocenters. The lowest BCUT2D eigenvalue weighted by Crippen LogP contribution is -1.82. The van der Waals surface area contributed by atoms with Crippen LogP contribution in [-0.2, 0) is 0 Å². The van der Waals surface area contributed by atoms with Crippen LogP contribution in [0.1, 0.15) is 0 Å². The van der Waals surface area contributed by atoms with Crippen LogP contribution in [0, 0.1) is 0 Å². The molecule has 0 radical (unpaired) electrons. The summed E-state index contributed by atoms with van der Waals surface area (Å²) in [4.78, 5) is 4.24. The quantitative estimate of drug-likeness (QED) is 0.589. The molecule has 3 aromatic rings. The predicted molar refractivity (Wildman–Crippen MR) is 62.0 cm³/mol. The van der Waals surface area contributed by atoms with E-state index in [1.807, 2.05) is 18.2 Å². The molecule has 0 saturated carbocycles. The Labute approximate surface area is 98.2 Å². The summed E-state index contributed by atoms with van der Waals surface area (Å²) in [6, 6.07) is 5.79. The molecule has 1 aromatic carbocycles. The van der Waals surface area contributed by atoms with Crippen molar-refractivity contribution in [3.63, 3.8) is 0 Å². The summed E-state index contributed by atoms with van der Waals surface area (Å²) in [6.45, 7) is 0. The highest BCUT2D eigenvalue weighted by molar-refractivity contribution is 9.10. The van der Waals surface area contributed by atoms with Crippen molar-refractivity contribution in [1.82, 2.24) is 10.1 Å².